The van der Waals surface area contributed by atoms with Gasteiger partial charge in [0.2, 0.25) is 10.0 Å². The molecule has 1 fully saturated rings. The Labute approximate surface area is 199 Å². The molecule has 0 bridgehead atoms. The van der Waals surface area contributed by atoms with E-state index in [9.17, 15) is 8.42 Å². The summed E-state index contributed by atoms with van der Waals surface area (Å²) in [6, 6.07) is 14.8. The summed E-state index contributed by atoms with van der Waals surface area (Å²) in [4.78, 5) is 5.98. The summed E-state index contributed by atoms with van der Waals surface area (Å²) in [5.41, 5.74) is 2.76. The molecule has 2 heterocycles. The third-order valence-electron chi connectivity index (χ3n) is 5.76. The minimum atomic E-state index is -3.46. The highest BCUT2D eigenvalue weighted by Gasteiger charge is 2.25. The number of hydrogen-bond acceptors (Lipinski definition) is 5. The van der Waals surface area contributed by atoms with Crippen molar-refractivity contribution in [3.63, 3.8) is 0 Å². The van der Waals surface area contributed by atoms with Crippen LogP contribution in [0.5, 0.6) is 5.75 Å². The van der Waals surface area contributed by atoms with Gasteiger partial charge in [0, 0.05) is 25.0 Å². The molecule has 6 nitrogen and oxygen atoms in total. The van der Waals surface area contributed by atoms with E-state index in [-0.39, 0.29) is 0 Å². The number of benzene rings is 2. The van der Waals surface area contributed by atoms with Gasteiger partial charge in [0.05, 0.1) is 23.4 Å². The van der Waals surface area contributed by atoms with Gasteiger partial charge in [-0.05, 0) is 54.8 Å². The molecule has 1 saturated heterocycles. The van der Waals surface area contributed by atoms with Gasteiger partial charge in [-0.3, -0.25) is 0 Å². The van der Waals surface area contributed by atoms with E-state index in [2.05, 4.69) is 11.1 Å². The number of ether oxygens (including phenoxy) is 1. The van der Waals surface area contributed by atoms with E-state index >= 15 is 0 Å². The fourth-order valence-corrected chi connectivity index (χ4v) is 6.41. The first-order valence-corrected chi connectivity index (χ1v) is 13.4. The van der Waals surface area contributed by atoms with Crippen molar-refractivity contribution in [3.05, 3.63) is 71.4 Å². The van der Waals surface area contributed by atoms with Gasteiger partial charge >= 0.3 is 0 Å². The zero-order valence-electron chi connectivity index (χ0n) is 18.8. The van der Waals surface area contributed by atoms with E-state index in [1.807, 2.05) is 47.9 Å². The molecule has 8 heteroatoms. The molecule has 1 aliphatic heterocycles. The molecule has 33 heavy (non-hydrogen) atoms. The van der Waals surface area contributed by atoms with E-state index in [1.165, 1.54) is 0 Å². The summed E-state index contributed by atoms with van der Waals surface area (Å²) in [5.74, 6) is 0.787. The van der Waals surface area contributed by atoms with Gasteiger partial charge < -0.3 is 9.30 Å². The molecule has 1 aliphatic rings. The standard InChI is InChI=1S/C25H29N3O3S2/c1-3-16-28-24(19-32-25(28)26-21-10-12-22(31-2)13-11-21)20-8-14-23(15-9-20)33(29,30)27-17-6-4-5-7-18-27/h3,8-15,19H,1,4-7,16-18H2,2H3. The van der Waals surface area contributed by atoms with E-state index in [0.29, 0.717) is 24.5 Å². The van der Waals surface area contributed by atoms with Crippen LogP contribution < -0.4 is 9.54 Å². The summed E-state index contributed by atoms with van der Waals surface area (Å²) in [6.07, 6.45) is 5.87. The van der Waals surface area contributed by atoms with E-state index in [4.69, 9.17) is 9.73 Å². The topological polar surface area (TPSA) is 63.9 Å². The molecule has 4 rings (SSSR count). The first kappa shape index (κ1) is 23.5. The molecule has 0 saturated carbocycles. The minimum absolute atomic E-state index is 0.349. The highest BCUT2D eigenvalue weighted by atomic mass is 32.2. The van der Waals surface area contributed by atoms with Crippen LogP contribution in [-0.4, -0.2) is 37.5 Å². The molecule has 2 aromatic carbocycles. The van der Waals surface area contributed by atoms with Crippen LogP contribution in [0.2, 0.25) is 0 Å². The Hall–Kier alpha value is -2.68. The third-order valence-corrected chi connectivity index (χ3v) is 8.54. The molecule has 0 amide bonds. The van der Waals surface area contributed by atoms with Crippen molar-refractivity contribution in [1.82, 2.24) is 8.87 Å². The number of allylic oxidation sites excluding steroid dienone is 1. The second-order valence-electron chi connectivity index (χ2n) is 7.96. The zero-order valence-corrected chi connectivity index (χ0v) is 20.4. The number of nitrogens with zero attached hydrogens (tertiary/aromatic N) is 3. The maximum Gasteiger partial charge on any atom is 0.243 e. The average Bonchev–Trinajstić information content (AvgIpc) is 3.03. The van der Waals surface area contributed by atoms with Crippen molar-refractivity contribution in [2.24, 2.45) is 4.99 Å². The zero-order chi connectivity index (χ0) is 23.3. The minimum Gasteiger partial charge on any atom is -0.497 e. The van der Waals surface area contributed by atoms with Crippen LogP contribution in [-0.2, 0) is 16.6 Å². The molecule has 1 aromatic heterocycles. The number of sulfonamides is 1. The number of aromatic nitrogens is 1. The maximum atomic E-state index is 13.1. The molecule has 0 radical (unpaired) electrons. The largest absolute Gasteiger partial charge is 0.497 e. The highest BCUT2D eigenvalue weighted by Crippen LogP contribution is 2.26. The molecule has 3 aromatic rings. The van der Waals surface area contributed by atoms with E-state index < -0.39 is 10.0 Å². The molecular formula is C25H29N3O3S2. The Morgan fingerprint density at radius 1 is 1.03 bits per heavy atom. The lowest BCUT2D eigenvalue weighted by Crippen LogP contribution is -2.31. The van der Waals surface area contributed by atoms with Crippen LogP contribution in [0.25, 0.3) is 11.3 Å². The second-order valence-corrected chi connectivity index (χ2v) is 10.7. The Morgan fingerprint density at radius 3 is 2.30 bits per heavy atom. The maximum absolute atomic E-state index is 13.1. The SMILES string of the molecule is C=CCn1c(-c2ccc(S(=O)(=O)N3CCCCCC3)cc2)csc1=Nc1ccc(OC)cc1. The highest BCUT2D eigenvalue weighted by molar-refractivity contribution is 7.89. The lowest BCUT2D eigenvalue weighted by Gasteiger charge is -2.20. The summed E-state index contributed by atoms with van der Waals surface area (Å²) in [6.45, 7) is 5.69. The third kappa shape index (κ3) is 5.29. The van der Waals surface area contributed by atoms with Crippen LogP contribution >= 0.6 is 11.3 Å². The fourth-order valence-electron chi connectivity index (χ4n) is 3.95. The van der Waals surface area contributed by atoms with Crippen molar-refractivity contribution in [3.8, 4) is 17.0 Å². The van der Waals surface area contributed by atoms with E-state index in [0.717, 1.165) is 53.2 Å². The van der Waals surface area contributed by atoms with Gasteiger partial charge in [0.15, 0.2) is 4.80 Å². The summed E-state index contributed by atoms with van der Waals surface area (Å²) < 4.78 is 35.1. The summed E-state index contributed by atoms with van der Waals surface area (Å²) >= 11 is 1.54. The quantitative estimate of drug-likeness (QED) is 0.434. The number of thiazole rings is 1. The van der Waals surface area contributed by atoms with Gasteiger partial charge in [-0.2, -0.15) is 4.31 Å². The smallest absolute Gasteiger partial charge is 0.243 e. The molecule has 0 atom stereocenters. The van der Waals surface area contributed by atoms with Crippen LogP contribution in [0.1, 0.15) is 25.7 Å². The van der Waals surface area contributed by atoms with Crippen LogP contribution in [0, 0.1) is 0 Å². The lowest BCUT2D eigenvalue weighted by atomic mass is 10.2. The van der Waals surface area contributed by atoms with Crippen LogP contribution in [0.15, 0.2) is 76.5 Å². The number of rotatable bonds is 7. The molecule has 174 valence electrons. The van der Waals surface area contributed by atoms with Crippen molar-refractivity contribution in [2.75, 3.05) is 20.2 Å². The van der Waals surface area contributed by atoms with Crippen LogP contribution in [0.4, 0.5) is 5.69 Å². The molecule has 0 unspecified atom stereocenters. The second kappa shape index (κ2) is 10.5. The summed E-state index contributed by atoms with van der Waals surface area (Å²) in [5, 5.41) is 2.05. The normalized spacial score (nSPS) is 15.8. The lowest BCUT2D eigenvalue weighted by molar-refractivity contribution is 0.415. The van der Waals surface area contributed by atoms with Crippen molar-refractivity contribution < 1.29 is 13.2 Å². The molecular weight excluding hydrogens is 454 g/mol. The molecule has 0 spiro atoms. The molecule has 0 N–H and O–H groups in total. The van der Waals surface area contributed by atoms with Crippen molar-refractivity contribution in [2.45, 2.75) is 37.1 Å². The van der Waals surface area contributed by atoms with Crippen molar-refractivity contribution >= 4 is 27.0 Å². The van der Waals surface area contributed by atoms with Gasteiger partial charge in [-0.15, -0.1) is 17.9 Å². The first-order valence-electron chi connectivity index (χ1n) is 11.1. The first-order chi connectivity index (χ1) is 16.0. The van der Waals surface area contributed by atoms with Gasteiger partial charge in [-0.25, -0.2) is 13.4 Å². The molecule has 0 aliphatic carbocycles. The Bertz CT molecular complexity index is 1250. The van der Waals surface area contributed by atoms with Gasteiger partial charge in [-0.1, -0.05) is 31.1 Å². The van der Waals surface area contributed by atoms with Crippen LogP contribution in [0.3, 0.4) is 0 Å². The predicted molar refractivity (Wildman–Crippen MR) is 133 cm³/mol. The summed E-state index contributed by atoms with van der Waals surface area (Å²) in [7, 11) is -1.82. The van der Waals surface area contributed by atoms with Gasteiger partial charge in [0.25, 0.3) is 0 Å². The number of methoxy groups -OCH3 is 1. The Morgan fingerprint density at radius 2 is 1.70 bits per heavy atom. The van der Waals surface area contributed by atoms with E-state index in [1.54, 1.807) is 34.9 Å². The fraction of sp³-hybridized carbons (Fsp3) is 0.320. The Kier molecular flexibility index (Phi) is 7.47. The van der Waals surface area contributed by atoms with Crippen molar-refractivity contribution in [1.29, 1.82) is 0 Å². The average molecular weight is 484 g/mol. The Balaban J connectivity index is 1.65. The van der Waals surface area contributed by atoms with Gasteiger partial charge in [0.1, 0.15) is 5.75 Å². The number of hydrogen-bond donors (Lipinski definition) is 0. The predicted octanol–water partition coefficient (Wildman–Crippen LogP) is 5.21. The monoisotopic (exact) mass is 483 g/mol.